The predicted octanol–water partition coefficient (Wildman–Crippen LogP) is 1.90. The smallest absolute Gasteiger partial charge is 0.251 e. The molecule has 0 aliphatic heterocycles. The fraction of sp³-hybridized carbons (Fsp3) is 0.273. The molecule has 0 radical (unpaired) electrons. The first-order valence-corrected chi connectivity index (χ1v) is 5.48. The van der Waals surface area contributed by atoms with Crippen molar-refractivity contribution in [2.75, 3.05) is 13.7 Å². The summed E-state index contributed by atoms with van der Waals surface area (Å²) in [7, 11) is 1.56. The van der Waals surface area contributed by atoms with Gasteiger partial charge in [0.05, 0.1) is 12.7 Å². The molecular formula is C11H12ClN3O2. The number of nitrogens with two attached hydrogens (primary N) is 1. The number of ether oxygens (including phenoxy) is 1. The van der Waals surface area contributed by atoms with Crippen LogP contribution in [0.2, 0.25) is 5.02 Å². The maximum atomic E-state index is 5.87. The van der Waals surface area contributed by atoms with Crippen molar-refractivity contribution >= 4 is 11.6 Å². The second kappa shape index (κ2) is 5.16. The van der Waals surface area contributed by atoms with E-state index in [-0.39, 0.29) is 0 Å². The lowest BCUT2D eigenvalue weighted by Gasteiger charge is -2.04. The summed E-state index contributed by atoms with van der Waals surface area (Å²) in [6.07, 6.45) is 0.558. The third-order valence-corrected chi connectivity index (χ3v) is 2.45. The van der Waals surface area contributed by atoms with E-state index in [0.717, 1.165) is 0 Å². The van der Waals surface area contributed by atoms with Gasteiger partial charge in [-0.15, -0.1) is 10.2 Å². The Morgan fingerprint density at radius 3 is 2.94 bits per heavy atom. The van der Waals surface area contributed by atoms with Crippen molar-refractivity contribution in [3.05, 3.63) is 29.1 Å². The van der Waals surface area contributed by atoms with Gasteiger partial charge in [-0.25, -0.2) is 0 Å². The molecule has 1 heterocycles. The Bertz CT molecular complexity index is 513. The highest BCUT2D eigenvalue weighted by Crippen LogP contribution is 2.31. The van der Waals surface area contributed by atoms with E-state index in [9.17, 15) is 0 Å². The summed E-state index contributed by atoms with van der Waals surface area (Å²) in [4.78, 5) is 0. The first kappa shape index (κ1) is 11.9. The van der Waals surface area contributed by atoms with Gasteiger partial charge >= 0.3 is 0 Å². The average molecular weight is 254 g/mol. The minimum atomic E-state index is 0.405. The summed E-state index contributed by atoms with van der Waals surface area (Å²) >= 11 is 5.87. The maximum Gasteiger partial charge on any atom is 0.251 e. The molecule has 1 aromatic carbocycles. The van der Waals surface area contributed by atoms with Crippen LogP contribution in [0.25, 0.3) is 11.5 Å². The van der Waals surface area contributed by atoms with Gasteiger partial charge in [0.1, 0.15) is 5.75 Å². The summed E-state index contributed by atoms with van der Waals surface area (Å²) in [6, 6.07) is 5.22. The zero-order valence-electron chi connectivity index (χ0n) is 9.31. The van der Waals surface area contributed by atoms with Gasteiger partial charge in [-0.3, -0.25) is 0 Å². The number of rotatable bonds is 4. The fourth-order valence-electron chi connectivity index (χ4n) is 1.43. The van der Waals surface area contributed by atoms with Gasteiger partial charge in [0.25, 0.3) is 5.89 Å². The Morgan fingerprint density at radius 1 is 1.41 bits per heavy atom. The number of hydrogen-bond acceptors (Lipinski definition) is 5. The van der Waals surface area contributed by atoms with Crippen molar-refractivity contribution < 1.29 is 9.15 Å². The molecule has 0 spiro atoms. The summed E-state index contributed by atoms with van der Waals surface area (Å²) in [5, 5.41) is 8.43. The Balaban J connectivity index is 2.37. The average Bonchev–Trinajstić information content (AvgIpc) is 2.78. The molecular weight excluding hydrogens is 242 g/mol. The Hall–Kier alpha value is -1.59. The van der Waals surface area contributed by atoms with Gasteiger partial charge in [-0.05, 0) is 18.2 Å². The summed E-state index contributed by atoms with van der Waals surface area (Å²) < 4.78 is 10.7. The van der Waals surface area contributed by atoms with E-state index >= 15 is 0 Å². The second-order valence-electron chi connectivity index (χ2n) is 3.38. The van der Waals surface area contributed by atoms with E-state index in [2.05, 4.69) is 10.2 Å². The molecule has 0 atom stereocenters. The lowest BCUT2D eigenvalue weighted by atomic mass is 10.2. The van der Waals surface area contributed by atoms with Crippen LogP contribution in [0.5, 0.6) is 5.75 Å². The molecule has 2 aromatic rings. The van der Waals surface area contributed by atoms with E-state index in [4.69, 9.17) is 26.5 Å². The van der Waals surface area contributed by atoms with Crippen LogP contribution >= 0.6 is 11.6 Å². The third-order valence-electron chi connectivity index (χ3n) is 2.22. The van der Waals surface area contributed by atoms with Gasteiger partial charge in [-0.2, -0.15) is 0 Å². The SMILES string of the molecule is COc1cc(Cl)ccc1-c1nnc(CCN)o1. The Morgan fingerprint density at radius 2 is 2.24 bits per heavy atom. The monoisotopic (exact) mass is 253 g/mol. The highest BCUT2D eigenvalue weighted by Gasteiger charge is 2.13. The quantitative estimate of drug-likeness (QED) is 0.901. The van der Waals surface area contributed by atoms with E-state index in [1.165, 1.54) is 0 Å². The summed E-state index contributed by atoms with van der Waals surface area (Å²) in [5.41, 5.74) is 6.13. The second-order valence-corrected chi connectivity index (χ2v) is 3.82. The molecule has 1 aromatic heterocycles. The predicted molar refractivity (Wildman–Crippen MR) is 64.1 cm³/mol. The van der Waals surface area contributed by atoms with Crippen molar-refractivity contribution in [2.45, 2.75) is 6.42 Å². The molecule has 0 bridgehead atoms. The van der Waals surface area contributed by atoms with Crippen LogP contribution in [0.1, 0.15) is 5.89 Å². The minimum absolute atomic E-state index is 0.405. The molecule has 0 fully saturated rings. The molecule has 0 saturated carbocycles. The molecule has 0 amide bonds. The van der Waals surface area contributed by atoms with Crippen LogP contribution in [0.4, 0.5) is 0 Å². The highest BCUT2D eigenvalue weighted by atomic mass is 35.5. The molecule has 0 aliphatic rings. The van der Waals surface area contributed by atoms with E-state index in [1.807, 2.05) is 0 Å². The molecule has 17 heavy (non-hydrogen) atoms. The fourth-order valence-corrected chi connectivity index (χ4v) is 1.59. The van der Waals surface area contributed by atoms with Crippen LogP contribution in [0.3, 0.4) is 0 Å². The van der Waals surface area contributed by atoms with Crippen molar-refractivity contribution in [1.82, 2.24) is 10.2 Å². The minimum Gasteiger partial charge on any atom is -0.496 e. The molecule has 0 aliphatic carbocycles. The topological polar surface area (TPSA) is 74.2 Å². The lowest BCUT2D eigenvalue weighted by Crippen LogP contribution is -2.02. The van der Waals surface area contributed by atoms with Crippen molar-refractivity contribution in [1.29, 1.82) is 0 Å². The van der Waals surface area contributed by atoms with Crippen LogP contribution in [-0.4, -0.2) is 23.9 Å². The molecule has 6 heteroatoms. The van der Waals surface area contributed by atoms with Crippen molar-refractivity contribution in [3.8, 4) is 17.2 Å². The highest BCUT2D eigenvalue weighted by molar-refractivity contribution is 6.30. The lowest BCUT2D eigenvalue weighted by molar-refractivity contribution is 0.413. The van der Waals surface area contributed by atoms with Gasteiger partial charge in [0.2, 0.25) is 5.89 Å². The zero-order chi connectivity index (χ0) is 12.3. The molecule has 2 rings (SSSR count). The van der Waals surface area contributed by atoms with Crippen LogP contribution in [0, 0.1) is 0 Å². The van der Waals surface area contributed by atoms with Gasteiger partial charge in [-0.1, -0.05) is 11.6 Å². The van der Waals surface area contributed by atoms with Crippen LogP contribution in [-0.2, 0) is 6.42 Å². The Kier molecular flexibility index (Phi) is 3.61. The molecule has 5 nitrogen and oxygen atoms in total. The van der Waals surface area contributed by atoms with E-state index in [1.54, 1.807) is 25.3 Å². The first-order valence-electron chi connectivity index (χ1n) is 5.11. The zero-order valence-corrected chi connectivity index (χ0v) is 10.1. The van der Waals surface area contributed by atoms with Gasteiger partial charge < -0.3 is 14.9 Å². The van der Waals surface area contributed by atoms with E-state index in [0.29, 0.717) is 41.1 Å². The third kappa shape index (κ3) is 2.57. The molecule has 0 saturated heterocycles. The van der Waals surface area contributed by atoms with Crippen LogP contribution < -0.4 is 10.5 Å². The normalized spacial score (nSPS) is 10.5. The first-order chi connectivity index (χ1) is 8.24. The van der Waals surface area contributed by atoms with Crippen molar-refractivity contribution in [3.63, 3.8) is 0 Å². The van der Waals surface area contributed by atoms with Crippen LogP contribution in [0.15, 0.2) is 22.6 Å². The summed E-state index contributed by atoms with van der Waals surface area (Å²) in [5.74, 6) is 1.52. The van der Waals surface area contributed by atoms with E-state index < -0.39 is 0 Å². The van der Waals surface area contributed by atoms with Gasteiger partial charge in [0.15, 0.2) is 0 Å². The Labute approximate surface area is 104 Å². The number of aromatic nitrogens is 2. The van der Waals surface area contributed by atoms with Crippen molar-refractivity contribution in [2.24, 2.45) is 5.73 Å². The van der Waals surface area contributed by atoms with Gasteiger partial charge in [0, 0.05) is 18.0 Å². The number of methoxy groups -OCH3 is 1. The molecule has 0 unspecified atom stereocenters. The molecule has 90 valence electrons. The largest absolute Gasteiger partial charge is 0.496 e. The summed E-state index contributed by atoms with van der Waals surface area (Å²) in [6.45, 7) is 0.472. The number of nitrogens with zero attached hydrogens (tertiary/aromatic N) is 2. The standard InChI is InChI=1S/C11H12ClN3O2/c1-16-9-6-7(12)2-3-8(9)11-15-14-10(17-11)4-5-13/h2-3,6H,4-5,13H2,1H3. The number of hydrogen-bond donors (Lipinski definition) is 1. The number of benzene rings is 1. The molecule has 2 N–H and O–H groups in total. The maximum absolute atomic E-state index is 5.87. The number of halogens is 1.